The van der Waals surface area contributed by atoms with Gasteiger partial charge in [0, 0.05) is 18.9 Å². The summed E-state index contributed by atoms with van der Waals surface area (Å²) in [5, 5.41) is 0. The SMILES string of the molecule is COc1cc(Cn2ccnc2C)ccc1C(N)=S. The number of nitrogens with two attached hydrogens (primary N) is 1. The predicted octanol–water partition coefficient (Wildman–Crippen LogP) is 1.88. The molecule has 1 aromatic heterocycles. The van der Waals surface area contributed by atoms with Gasteiger partial charge < -0.3 is 15.0 Å². The van der Waals surface area contributed by atoms with Crippen LogP contribution in [0.4, 0.5) is 0 Å². The topological polar surface area (TPSA) is 53.1 Å². The number of rotatable bonds is 4. The Bertz CT molecular complexity index is 577. The molecule has 0 atom stereocenters. The molecule has 0 saturated carbocycles. The van der Waals surface area contributed by atoms with Crippen molar-refractivity contribution in [1.29, 1.82) is 0 Å². The van der Waals surface area contributed by atoms with Gasteiger partial charge in [-0.05, 0) is 24.6 Å². The second kappa shape index (κ2) is 5.18. The van der Waals surface area contributed by atoms with E-state index in [4.69, 9.17) is 22.7 Å². The quantitative estimate of drug-likeness (QED) is 0.854. The van der Waals surface area contributed by atoms with Crippen LogP contribution in [0.2, 0.25) is 0 Å². The van der Waals surface area contributed by atoms with Crippen LogP contribution in [0.25, 0.3) is 0 Å². The fourth-order valence-electron chi connectivity index (χ4n) is 1.81. The highest BCUT2D eigenvalue weighted by Crippen LogP contribution is 2.21. The number of nitrogens with zero attached hydrogens (tertiary/aromatic N) is 2. The van der Waals surface area contributed by atoms with Crippen LogP contribution in [0, 0.1) is 6.92 Å². The van der Waals surface area contributed by atoms with E-state index in [-0.39, 0.29) is 0 Å². The summed E-state index contributed by atoms with van der Waals surface area (Å²) in [4.78, 5) is 4.54. The third kappa shape index (κ3) is 2.51. The van der Waals surface area contributed by atoms with Crippen molar-refractivity contribution in [3.8, 4) is 5.75 Å². The number of benzene rings is 1. The molecule has 1 heterocycles. The van der Waals surface area contributed by atoms with Crippen molar-refractivity contribution >= 4 is 17.2 Å². The molecule has 0 unspecified atom stereocenters. The van der Waals surface area contributed by atoms with Crippen LogP contribution in [0.1, 0.15) is 17.0 Å². The number of ether oxygens (including phenoxy) is 1. The zero-order valence-electron chi connectivity index (χ0n) is 10.4. The number of methoxy groups -OCH3 is 1. The summed E-state index contributed by atoms with van der Waals surface area (Å²) in [6.07, 6.45) is 3.74. The molecule has 2 aromatic rings. The zero-order valence-corrected chi connectivity index (χ0v) is 11.2. The van der Waals surface area contributed by atoms with Gasteiger partial charge in [0.2, 0.25) is 0 Å². The van der Waals surface area contributed by atoms with Gasteiger partial charge in [-0.25, -0.2) is 4.98 Å². The minimum absolute atomic E-state index is 0.345. The Balaban J connectivity index is 2.30. The Morgan fingerprint density at radius 3 is 2.83 bits per heavy atom. The average molecular weight is 261 g/mol. The zero-order chi connectivity index (χ0) is 13.1. The summed E-state index contributed by atoms with van der Waals surface area (Å²) in [5.74, 6) is 1.69. The molecule has 0 aliphatic rings. The first-order valence-electron chi connectivity index (χ1n) is 5.56. The van der Waals surface area contributed by atoms with Gasteiger partial charge in [0.25, 0.3) is 0 Å². The molecule has 18 heavy (non-hydrogen) atoms. The summed E-state index contributed by atoms with van der Waals surface area (Å²) in [6.45, 7) is 2.72. The first kappa shape index (κ1) is 12.6. The van der Waals surface area contributed by atoms with Crippen LogP contribution in [-0.4, -0.2) is 21.6 Å². The molecule has 0 radical (unpaired) electrons. The Labute approximate surface area is 111 Å². The van der Waals surface area contributed by atoms with E-state index >= 15 is 0 Å². The molecule has 0 fully saturated rings. The number of hydrogen-bond acceptors (Lipinski definition) is 3. The smallest absolute Gasteiger partial charge is 0.129 e. The first-order valence-corrected chi connectivity index (χ1v) is 5.97. The molecular formula is C13H15N3OS. The number of aryl methyl sites for hydroxylation is 1. The molecule has 1 aromatic carbocycles. The van der Waals surface area contributed by atoms with Crippen molar-refractivity contribution in [3.63, 3.8) is 0 Å². The molecule has 0 amide bonds. The largest absolute Gasteiger partial charge is 0.496 e. The molecule has 2 N–H and O–H groups in total. The highest BCUT2D eigenvalue weighted by atomic mass is 32.1. The third-order valence-electron chi connectivity index (χ3n) is 2.81. The summed E-state index contributed by atoms with van der Waals surface area (Å²) in [5.41, 5.74) is 7.52. The minimum atomic E-state index is 0.345. The van der Waals surface area contributed by atoms with E-state index in [0.717, 1.165) is 23.5 Å². The summed E-state index contributed by atoms with van der Waals surface area (Å²) >= 11 is 4.98. The fourth-order valence-corrected chi connectivity index (χ4v) is 1.97. The summed E-state index contributed by atoms with van der Waals surface area (Å²) in [6, 6.07) is 5.84. The van der Waals surface area contributed by atoms with E-state index in [2.05, 4.69) is 9.55 Å². The van der Waals surface area contributed by atoms with Crippen LogP contribution < -0.4 is 10.5 Å². The summed E-state index contributed by atoms with van der Waals surface area (Å²) < 4.78 is 7.37. The molecule has 4 nitrogen and oxygen atoms in total. The molecule has 0 aliphatic carbocycles. The molecule has 0 aliphatic heterocycles. The van der Waals surface area contributed by atoms with Gasteiger partial charge in [-0.15, -0.1) is 0 Å². The van der Waals surface area contributed by atoms with E-state index in [1.807, 2.05) is 31.3 Å². The van der Waals surface area contributed by atoms with Crippen molar-refractivity contribution in [1.82, 2.24) is 9.55 Å². The maximum Gasteiger partial charge on any atom is 0.129 e. The Kier molecular flexibility index (Phi) is 3.62. The van der Waals surface area contributed by atoms with Crippen molar-refractivity contribution in [3.05, 3.63) is 47.5 Å². The average Bonchev–Trinajstić information content (AvgIpc) is 2.74. The summed E-state index contributed by atoms with van der Waals surface area (Å²) in [7, 11) is 1.61. The Morgan fingerprint density at radius 1 is 1.50 bits per heavy atom. The monoisotopic (exact) mass is 261 g/mol. The molecule has 2 rings (SSSR count). The number of thiocarbonyl (C=S) groups is 1. The highest BCUT2D eigenvalue weighted by molar-refractivity contribution is 7.80. The standard InChI is InChI=1S/C13H15N3OS/c1-9-15-5-6-16(9)8-10-3-4-11(13(14)18)12(7-10)17-2/h3-7H,8H2,1-2H3,(H2,14,18). The van der Waals surface area contributed by atoms with E-state index < -0.39 is 0 Å². The molecular weight excluding hydrogens is 246 g/mol. The lowest BCUT2D eigenvalue weighted by atomic mass is 10.1. The second-order valence-corrected chi connectivity index (χ2v) is 4.44. The van der Waals surface area contributed by atoms with Crippen LogP contribution in [0.15, 0.2) is 30.6 Å². The van der Waals surface area contributed by atoms with Crippen LogP contribution in [0.5, 0.6) is 5.75 Å². The Morgan fingerprint density at radius 2 is 2.28 bits per heavy atom. The van der Waals surface area contributed by atoms with Gasteiger partial charge in [-0.1, -0.05) is 18.3 Å². The predicted molar refractivity (Wildman–Crippen MR) is 74.9 cm³/mol. The fraction of sp³-hybridized carbons (Fsp3) is 0.231. The number of aromatic nitrogens is 2. The second-order valence-electron chi connectivity index (χ2n) is 4.00. The lowest BCUT2D eigenvalue weighted by molar-refractivity contribution is 0.413. The van der Waals surface area contributed by atoms with E-state index in [9.17, 15) is 0 Å². The molecule has 0 saturated heterocycles. The normalized spacial score (nSPS) is 10.3. The van der Waals surface area contributed by atoms with Crippen molar-refractivity contribution in [2.45, 2.75) is 13.5 Å². The lowest BCUT2D eigenvalue weighted by Crippen LogP contribution is -2.11. The van der Waals surface area contributed by atoms with Gasteiger partial charge in [-0.2, -0.15) is 0 Å². The maximum absolute atomic E-state index is 5.64. The molecule has 94 valence electrons. The Hall–Kier alpha value is -1.88. The van der Waals surface area contributed by atoms with Crippen molar-refractivity contribution in [2.24, 2.45) is 5.73 Å². The number of hydrogen-bond donors (Lipinski definition) is 1. The van der Waals surface area contributed by atoms with Gasteiger partial charge in [0.1, 0.15) is 16.6 Å². The van der Waals surface area contributed by atoms with E-state index in [1.54, 1.807) is 13.3 Å². The van der Waals surface area contributed by atoms with Crippen molar-refractivity contribution < 1.29 is 4.74 Å². The van der Waals surface area contributed by atoms with Crippen LogP contribution >= 0.6 is 12.2 Å². The molecule has 0 bridgehead atoms. The van der Waals surface area contributed by atoms with Gasteiger partial charge >= 0.3 is 0 Å². The highest BCUT2D eigenvalue weighted by Gasteiger charge is 2.07. The minimum Gasteiger partial charge on any atom is -0.496 e. The van der Waals surface area contributed by atoms with E-state index in [0.29, 0.717) is 10.7 Å². The van der Waals surface area contributed by atoms with Crippen LogP contribution in [-0.2, 0) is 6.54 Å². The molecule has 5 heteroatoms. The maximum atomic E-state index is 5.64. The third-order valence-corrected chi connectivity index (χ3v) is 3.03. The molecule has 0 spiro atoms. The van der Waals surface area contributed by atoms with Crippen molar-refractivity contribution in [2.75, 3.05) is 7.11 Å². The van der Waals surface area contributed by atoms with Crippen LogP contribution in [0.3, 0.4) is 0 Å². The van der Waals surface area contributed by atoms with Gasteiger partial charge in [0.05, 0.1) is 12.7 Å². The van der Waals surface area contributed by atoms with Gasteiger partial charge in [0.15, 0.2) is 0 Å². The number of imidazole rings is 1. The first-order chi connectivity index (χ1) is 8.61. The van der Waals surface area contributed by atoms with E-state index in [1.165, 1.54) is 0 Å². The lowest BCUT2D eigenvalue weighted by Gasteiger charge is -2.10. The van der Waals surface area contributed by atoms with Gasteiger partial charge in [-0.3, -0.25) is 0 Å².